The van der Waals surface area contributed by atoms with E-state index < -0.39 is 0 Å². The van der Waals surface area contributed by atoms with Crippen molar-refractivity contribution in [1.82, 2.24) is 5.32 Å². The molecule has 0 amide bonds. The van der Waals surface area contributed by atoms with Crippen LogP contribution in [0.1, 0.15) is 39.0 Å². The lowest BCUT2D eigenvalue weighted by Crippen LogP contribution is -2.31. The normalized spacial score (nSPS) is 55.2. The van der Waals surface area contributed by atoms with Gasteiger partial charge in [-0.1, -0.05) is 13.3 Å². The van der Waals surface area contributed by atoms with Crippen LogP contribution >= 0.6 is 0 Å². The fraction of sp³-hybridized carbons (Fsp3) is 1.00. The monoisotopic (exact) mass is 165 g/mol. The fourth-order valence-corrected chi connectivity index (χ4v) is 3.09. The van der Waals surface area contributed by atoms with Crippen molar-refractivity contribution in [2.45, 2.75) is 51.1 Å². The van der Waals surface area contributed by atoms with E-state index in [1.165, 1.54) is 25.7 Å². The average molecular weight is 165 g/mol. The van der Waals surface area contributed by atoms with Gasteiger partial charge in [-0.25, -0.2) is 0 Å². The summed E-state index contributed by atoms with van der Waals surface area (Å²) in [5.74, 6) is 3.27. The maximum Gasteiger partial charge on any atom is 0.0102 e. The Balaban J connectivity index is 1.50. The Morgan fingerprint density at radius 2 is 2.08 bits per heavy atom. The Kier molecular flexibility index (Phi) is 1.52. The van der Waals surface area contributed by atoms with E-state index in [0.717, 1.165) is 29.8 Å². The lowest BCUT2D eigenvalue weighted by molar-refractivity contribution is 0.457. The third-order valence-corrected chi connectivity index (χ3v) is 4.22. The zero-order valence-electron chi connectivity index (χ0n) is 7.92. The molecule has 3 fully saturated rings. The van der Waals surface area contributed by atoms with Gasteiger partial charge in [-0.3, -0.25) is 0 Å². The van der Waals surface area contributed by atoms with Gasteiger partial charge in [0.05, 0.1) is 0 Å². The molecular formula is C11H19N. The van der Waals surface area contributed by atoms with Crippen LogP contribution in [0.5, 0.6) is 0 Å². The largest absolute Gasteiger partial charge is 0.311 e. The van der Waals surface area contributed by atoms with Crippen LogP contribution in [0.2, 0.25) is 0 Å². The minimum atomic E-state index is 0.916. The Morgan fingerprint density at radius 1 is 1.17 bits per heavy atom. The molecule has 0 spiro atoms. The highest BCUT2D eigenvalue weighted by atomic mass is 15.0. The summed E-state index contributed by atoms with van der Waals surface area (Å²) in [6, 6.07) is 1.84. The molecule has 0 saturated heterocycles. The summed E-state index contributed by atoms with van der Waals surface area (Å²) in [6.07, 6.45) is 7.39. The molecule has 3 rings (SSSR count). The van der Waals surface area contributed by atoms with Crippen molar-refractivity contribution in [3.63, 3.8) is 0 Å². The third kappa shape index (κ3) is 1.10. The lowest BCUT2D eigenvalue weighted by atomic mass is 10.1. The molecule has 0 heterocycles. The van der Waals surface area contributed by atoms with Gasteiger partial charge in [0.15, 0.2) is 0 Å². The summed E-state index contributed by atoms with van der Waals surface area (Å²) in [4.78, 5) is 0. The van der Waals surface area contributed by atoms with Crippen LogP contribution in [0.25, 0.3) is 0 Å². The minimum Gasteiger partial charge on any atom is -0.311 e. The number of hydrogen-bond acceptors (Lipinski definition) is 1. The average Bonchev–Trinajstić information content (AvgIpc) is 2.93. The Hall–Kier alpha value is -0.0400. The first-order valence-electron chi connectivity index (χ1n) is 5.64. The van der Waals surface area contributed by atoms with Gasteiger partial charge >= 0.3 is 0 Å². The van der Waals surface area contributed by atoms with Crippen LogP contribution in [-0.2, 0) is 0 Å². The zero-order valence-corrected chi connectivity index (χ0v) is 7.92. The standard InChI is InChI=1S/C11H19N/c1-2-7-6-11(7)12-10-4-3-8-5-9(8)10/h7-12H,2-6H2,1H3/t7?,8-,9+,10?,11?/m1/s1. The van der Waals surface area contributed by atoms with E-state index in [0.29, 0.717) is 0 Å². The van der Waals surface area contributed by atoms with E-state index in [4.69, 9.17) is 0 Å². The molecule has 0 bridgehead atoms. The van der Waals surface area contributed by atoms with Crippen LogP contribution in [0.4, 0.5) is 0 Å². The van der Waals surface area contributed by atoms with Crippen LogP contribution in [0.15, 0.2) is 0 Å². The van der Waals surface area contributed by atoms with Gasteiger partial charge < -0.3 is 5.32 Å². The Labute approximate surface area is 74.9 Å². The van der Waals surface area contributed by atoms with E-state index >= 15 is 0 Å². The number of nitrogens with one attached hydrogen (secondary N) is 1. The summed E-state index contributed by atoms with van der Waals surface area (Å²) >= 11 is 0. The molecule has 3 unspecified atom stereocenters. The van der Waals surface area contributed by atoms with Gasteiger partial charge in [0.25, 0.3) is 0 Å². The number of fused-ring (bicyclic) bond motifs is 1. The molecular weight excluding hydrogens is 146 g/mol. The van der Waals surface area contributed by atoms with Crippen molar-refractivity contribution in [1.29, 1.82) is 0 Å². The van der Waals surface area contributed by atoms with E-state index in [9.17, 15) is 0 Å². The summed E-state index contributed by atoms with van der Waals surface area (Å²) in [7, 11) is 0. The smallest absolute Gasteiger partial charge is 0.0102 e. The zero-order chi connectivity index (χ0) is 8.13. The predicted octanol–water partition coefficient (Wildman–Crippen LogP) is 2.17. The molecule has 3 aliphatic carbocycles. The molecule has 68 valence electrons. The summed E-state index contributed by atoms with van der Waals surface area (Å²) in [5, 5.41) is 3.85. The second-order valence-corrected chi connectivity index (χ2v) is 5.02. The quantitative estimate of drug-likeness (QED) is 0.676. The SMILES string of the molecule is CCC1CC1NC1CC[C@@H]2C[C@H]12. The van der Waals surface area contributed by atoms with Gasteiger partial charge in [0, 0.05) is 12.1 Å². The van der Waals surface area contributed by atoms with Crippen LogP contribution in [0.3, 0.4) is 0 Å². The highest BCUT2D eigenvalue weighted by Gasteiger charge is 2.50. The first kappa shape index (κ1) is 7.37. The van der Waals surface area contributed by atoms with Crippen molar-refractivity contribution in [3.8, 4) is 0 Å². The molecule has 12 heavy (non-hydrogen) atoms. The first-order chi connectivity index (χ1) is 5.88. The van der Waals surface area contributed by atoms with Gasteiger partial charge in [-0.05, 0) is 43.4 Å². The molecule has 1 N–H and O–H groups in total. The highest BCUT2D eigenvalue weighted by Crippen LogP contribution is 2.52. The molecule has 0 aliphatic heterocycles. The van der Waals surface area contributed by atoms with E-state index in [2.05, 4.69) is 12.2 Å². The maximum atomic E-state index is 3.85. The molecule has 0 aromatic rings. The summed E-state index contributed by atoms with van der Waals surface area (Å²) in [5.41, 5.74) is 0. The van der Waals surface area contributed by atoms with Crippen molar-refractivity contribution >= 4 is 0 Å². The molecule has 3 saturated carbocycles. The lowest BCUT2D eigenvalue weighted by Gasteiger charge is -2.13. The van der Waals surface area contributed by atoms with Crippen molar-refractivity contribution < 1.29 is 0 Å². The van der Waals surface area contributed by atoms with E-state index in [1.807, 2.05) is 0 Å². The predicted molar refractivity (Wildman–Crippen MR) is 49.9 cm³/mol. The van der Waals surface area contributed by atoms with Gasteiger partial charge in [-0.2, -0.15) is 0 Å². The Morgan fingerprint density at radius 3 is 2.58 bits per heavy atom. The second kappa shape index (κ2) is 2.47. The van der Waals surface area contributed by atoms with E-state index in [-0.39, 0.29) is 0 Å². The van der Waals surface area contributed by atoms with Crippen molar-refractivity contribution in [3.05, 3.63) is 0 Å². The third-order valence-electron chi connectivity index (χ3n) is 4.22. The van der Waals surface area contributed by atoms with E-state index in [1.54, 1.807) is 6.42 Å². The Bertz CT molecular complexity index is 189. The topological polar surface area (TPSA) is 12.0 Å². The van der Waals surface area contributed by atoms with Crippen LogP contribution < -0.4 is 5.32 Å². The molecule has 0 aromatic heterocycles. The first-order valence-corrected chi connectivity index (χ1v) is 5.64. The van der Waals surface area contributed by atoms with Crippen LogP contribution in [-0.4, -0.2) is 12.1 Å². The molecule has 1 nitrogen and oxygen atoms in total. The van der Waals surface area contributed by atoms with Gasteiger partial charge in [-0.15, -0.1) is 0 Å². The minimum absolute atomic E-state index is 0.916. The van der Waals surface area contributed by atoms with Crippen molar-refractivity contribution in [2.24, 2.45) is 17.8 Å². The van der Waals surface area contributed by atoms with Gasteiger partial charge in [0.2, 0.25) is 0 Å². The summed E-state index contributed by atoms with van der Waals surface area (Å²) < 4.78 is 0. The number of rotatable bonds is 3. The second-order valence-electron chi connectivity index (χ2n) is 5.02. The molecule has 0 radical (unpaired) electrons. The summed E-state index contributed by atoms with van der Waals surface area (Å²) in [6.45, 7) is 2.32. The molecule has 0 aromatic carbocycles. The maximum absolute atomic E-state index is 3.85. The molecule has 1 heteroatoms. The van der Waals surface area contributed by atoms with Crippen molar-refractivity contribution in [2.75, 3.05) is 0 Å². The van der Waals surface area contributed by atoms with Gasteiger partial charge in [0.1, 0.15) is 0 Å². The molecule has 5 atom stereocenters. The highest BCUT2D eigenvalue weighted by molar-refractivity contribution is 5.05. The molecule has 3 aliphatic rings. The number of hydrogen-bond donors (Lipinski definition) is 1. The van der Waals surface area contributed by atoms with Crippen LogP contribution in [0, 0.1) is 17.8 Å². The fourth-order valence-electron chi connectivity index (χ4n) is 3.09.